The van der Waals surface area contributed by atoms with Crippen molar-refractivity contribution < 1.29 is 23.5 Å². The van der Waals surface area contributed by atoms with Crippen LogP contribution in [0.4, 0.5) is 10.1 Å². The highest BCUT2D eigenvalue weighted by Crippen LogP contribution is 2.39. The number of benzene rings is 4. The molecule has 5 aromatic rings. The summed E-state index contributed by atoms with van der Waals surface area (Å²) in [7, 11) is 2.96. The van der Waals surface area contributed by atoms with Crippen LogP contribution in [0, 0.1) is 22.9 Å². The normalized spacial score (nSPS) is 11.4. The average Bonchev–Trinajstić information content (AvgIpc) is 3.02. The quantitative estimate of drug-likeness (QED) is 0.0947. The van der Waals surface area contributed by atoms with Crippen LogP contribution in [0.3, 0.4) is 0 Å². The number of methoxy groups -OCH3 is 2. The van der Waals surface area contributed by atoms with Crippen LogP contribution in [-0.2, 0) is 6.61 Å². The van der Waals surface area contributed by atoms with E-state index < -0.39 is 16.3 Å². The first-order chi connectivity index (χ1) is 21.6. The molecule has 0 radical (unpaired) electrons. The second kappa shape index (κ2) is 13.0. The molecule has 0 atom stereocenters. The zero-order valence-corrected chi connectivity index (χ0v) is 25.4. The lowest BCUT2D eigenvalue weighted by Gasteiger charge is -2.17. The van der Waals surface area contributed by atoms with Crippen LogP contribution in [0.1, 0.15) is 42.0 Å². The van der Waals surface area contributed by atoms with Gasteiger partial charge in [0.25, 0.3) is 5.56 Å². The standard InChI is InChI=1S/C34H31FN4O6/c1-20(2)26-17-27(21(3)13-30(26)43-4)33-37-28-12-7-6-11-25(28)34(40)38(33)36-18-23-15-29(39(41)42)32(31(16-23)44-5)45-19-22-9-8-10-24(35)14-22/h6-18,20H,19H2,1-5H3. The summed E-state index contributed by atoms with van der Waals surface area (Å²) in [5.41, 5.74) is 2.91. The SMILES string of the molecule is COc1cc(C)c(-c2nc3ccccc3c(=O)n2N=Cc2cc(OC)c(OCc3cccc(F)c3)c([N+](=O)[O-])c2)cc1C(C)C. The maximum atomic E-state index is 13.8. The molecular formula is C34H31FN4O6. The summed E-state index contributed by atoms with van der Waals surface area (Å²) >= 11 is 0. The molecule has 1 aromatic heterocycles. The zero-order valence-electron chi connectivity index (χ0n) is 25.4. The highest BCUT2D eigenvalue weighted by atomic mass is 19.1. The summed E-state index contributed by atoms with van der Waals surface area (Å²) in [4.78, 5) is 30.1. The molecule has 0 saturated heterocycles. The fourth-order valence-electron chi connectivity index (χ4n) is 4.99. The summed E-state index contributed by atoms with van der Waals surface area (Å²) < 4.78 is 31.6. The van der Waals surface area contributed by atoms with Crippen LogP contribution in [0.15, 0.2) is 82.7 Å². The van der Waals surface area contributed by atoms with Crippen molar-refractivity contribution in [3.63, 3.8) is 0 Å². The molecule has 0 fully saturated rings. The Labute approximate surface area is 258 Å². The van der Waals surface area contributed by atoms with Crippen molar-refractivity contribution in [2.45, 2.75) is 33.3 Å². The minimum absolute atomic E-state index is 0.0684. The van der Waals surface area contributed by atoms with E-state index in [0.717, 1.165) is 16.9 Å². The number of fused-ring (bicyclic) bond motifs is 1. The number of aromatic nitrogens is 2. The molecule has 0 unspecified atom stereocenters. The maximum Gasteiger partial charge on any atom is 0.315 e. The van der Waals surface area contributed by atoms with Crippen LogP contribution in [-0.4, -0.2) is 35.0 Å². The zero-order chi connectivity index (χ0) is 32.2. The van der Waals surface area contributed by atoms with Gasteiger partial charge in [0, 0.05) is 17.2 Å². The molecule has 10 nitrogen and oxygen atoms in total. The Morgan fingerprint density at radius 3 is 2.47 bits per heavy atom. The molecule has 0 aliphatic rings. The molecule has 0 aliphatic heterocycles. The second-order valence-electron chi connectivity index (χ2n) is 10.6. The van der Waals surface area contributed by atoms with E-state index in [1.807, 2.05) is 32.9 Å². The van der Waals surface area contributed by atoms with Gasteiger partial charge >= 0.3 is 5.69 Å². The molecule has 5 rings (SSSR count). The van der Waals surface area contributed by atoms with Crippen LogP contribution in [0.5, 0.6) is 17.2 Å². The van der Waals surface area contributed by atoms with Gasteiger partial charge in [0.05, 0.1) is 36.3 Å². The van der Waals surface area contributed by atoms with Crippen molar-refractivity contribution in [3.8, 4) is 28.6 Å². The second-order valence-corrected chi connectivity index (χ2v) is 10.6. The van der Waals surface area contributed by atoms with Gasteiger partial charge in [0.1, 0.15) is 18.2 Å². The number of hydrogen-bond donors (Lipinski definition) is 0. The Morgan fingerprint density at radius 2 is 1.78 bits per heavy atom. The van der Waals surface area contributed by atoms with Crippen LogP contribution >= 0.6 is 0 Å². The summed E-state index contributed by atoms with van der Waals surface area (Å²) in [5.74, 6) is 0.644. The van der Waals surface area contributed by atoms with Crippen molar-refractivity contribution in [2.75, 3.05) is 14.2 Å². The van der Waals surface area contributed by atoms with Gasteiger partial charge in [0.2, 0.25) is 5.75 Å². The number of nitro benzene ring substituents is 1. The summed E-state index contributed by atoms with van der Waals surface area (Å²) in [6.45, 7) is 5.86. The van der Waals surface area contributed by atoms with E-state index in [-0.39, 0.29) is 35.3 Å². The number of hydrogen-bond acceptors (Lipinski definition) is 8. The Kier molecular flexibility index (Phi) is 8.89. The van der Waals surface area contributed by atoms with E-state index in [4.69, 9.17) is 19.2 Å². The van der Waals surface area contributed by atoms with Gasteiger partial charge in [-0.05, 0) is 72.0 Å². The molecule has 230 valence electrons. The van der Waals surface area contributed by atoms with Gasteiger partial charge in [-0.1, -0.05) is 38.1 Å². The van der Waals surface area contributed by atoms with Crippen molar-refractivity contribution in [2.24, 2.45) is 5.10 Å². The molecule has 4 aromatic carbocycles. The number of para-hydroxylation sites is 1. The minimum Gasteiger partial charge on any atom is -0.496 e. The fourth-order valence-corrected chi connectivity index (χ4v) is 4.99. The average molecular weight is 611 g/mol. The molecule has 0 aliphatic carbocycles. The third kappa shape index (κ3) is 6.37. The summed E-state index contributed by atoms with van der Waals surface area (Å²) in [6, 6.07) is 19.3. The third-order valence-corrected chi connectivity index (χ3v) is 7.26. The smallest absolute Gasteiger partial charge is 0.315 e. The lowest BCUT2D eigenvalue weighted by Crippen LogP contribution is -2.21. The van der Waals surface area contributed by atoms with Gasteiger partial charge in [0.15, 0.2) is 11.6 Å². The van der Waals surface area contributed by atoms with E-state index in [1.54, 1.807) is 37.4 Å². The number of halogens is 1. The third-order valence-electron chi connectivity index (χ3n) is 7.26. The molecule has 0 bridgehead atoms. The van der Waals surface area contributed by atoms with Gasteiger partial charge in [-0.3, -0.25) is 14.9 Å². The Balaban J connectivity index is 1.63. The first kappa shape index (κ1) is 30.9. The van der Waals surface area contributed by atoms with E-state index in [2.05, 4.69) is 5.10 Å². The minimum atomic E-state index is -0.607. The van der Waals surface area contributed by atoms with Crippen LogP contribution < -0.4 is 19.8 Å². The van der Waals surface area contributed by atoms with Crippen molar-refractivity contribution >= 4 is 22.8 Å². The first-order valence-corrected chi connectivity index (χ1v) is 14.1. The van der Waals surface area contributed by atoms with Gasteiger partial charge in [-0.2, -0.15) is 9.78 Å². The van der Waals surface area contributed by atoms with E-state index in [9.17, 15) is 19.3 Å². The maximum absolute atomic E-state index is 13.8. The molecule has 0 saturated carbocycles. The molecule has 45 heavy (non-hydrogen) atoms. The van der Waals surface area contributed by atoms with Crippen LogP contribution in [0.2, 0.25) is 0 Å². The van der Waals surface area contributed by atoms with Gasteiger partial charge in [-0.25, -0.2) is 9.37 Å². The number of nitro groups is 1. The number of nitrogens with zero attached hydrogens (tertiary/aromatic N) is 4. The number of aryl methyl sites for hydroxylation is 1. The Bertz CT molecular complexity index is 2000. The van der Waals surface area contributed by atoms with E-state index >= 15 is 0 Å². The molecule has 0 spiro atoms. The lowest BCUT2D eigenvalue weighted by atomic mass is 9.96. The van der Waals surface area contributed by atoms with Crippen LogP contribution in [0.25, 0.3) is 22.3 Å². The van der Waals surface area contributed by atoms with Crippen molar-refractivity contribution in [1.82, 2.24) is 9.66 Å². The highest BCUT2D eigenvalue weighted by molar-refractivity contribution is 5.84. The van der Waals surface area contributed by atoms with Crippen molar-refractivity contribution in [3.05, 3.63) is 121 Å². The molecule has 0 amide bonds. The van der Waals surface area contributed by atoms with E-state index in [0.29, 0.717) is 27.9 Å². The monoisotopic (exact) mass is 610 g/mol. The molecular weight excluding hydrogens is 579 g/mol. The predicted molar refractivity (Wildman–Crippen MR) is 170 cm³/mol. The Morgan fingerprint density at radius 1 is 1.02 bits per heavy atom. The lowest BCUT2D eigenvalue weighted by molar-refractivity contribution is -0.386. The largest absolute Gasteiger partial charge is 0.496 e. The van der Waals surface area contributed by atoms with E-state index in [1.165, 1.54) is 48.3 Å². The Hall–Kier alpha value is -5.58. The van der Waals surface area contributed by atoms with Crippen molar-refractivity contribution in [1.29, 1.82) is 0 Å². The molecule has 1 heterocycles. The summed E-state index contributed by atoms with van der Waals surface area (Å²) in [5, 5.41) is 16.9. The topological polar surface area (TPSA) is 118 Å². The first-order valence-electron chi connectivity index (χ1n) is 14.1. The number of rotatable bonds is 10. The van der Waals surface area contributed by atoms with Gasteiger partial charge < -0.3 is 14.2 Å². The predicted octanol–water partition coefficient (Wildman–Crippen LogP) is 7.02. The molecule has 11 heteroatoms. The fraction of sp³-hybridized carbons (Fsp3) is 0.206. The number of ether oxygens (including phenoxy) is 3. The highest BCUT2D eigenvalue weighted by Gasteiger charge is 2.23. The van der Waals surface area contributed by atoms with Gasteiger partial charge in [-0.15, -0.1) is 0 Å². The summed E-state index contributed by atoms with van der Waals surface area (Å²) in [6.07, 6.45) is 1.33. The molecule has 0 N–H and O–H groups in total.